The van der Waals surface area contributed by atoms with Gasteiger partial charge in [0.05, 0.1) is 11.5 Å². The molecule has 0 heterocycles. The van der Waals surface area contributed by atoms with Gasteiger partial charge in [-0.3, -0.25) is 4.79 Å². The maximum atomic E-state index is 11.3. The fourth-order valence-electron chi connectivity index (χ4n) is 3.58. The van der Waals surface area contributed by atoms with Gasteiger partial charge in [0.1, 0.15) is 0 Å². The van der Waals surface area contributed by atoms with Gasteiger partial charge in [-0.2, -0.15) is 0 Å². The Labute approximate surface area is 104 Å². The highest BCUT2D eigenvalue weighted by atomic mass is 16.4. The molecule has 0 bridgehead atoms. The fourth-order valence-corrected chi connectivity index (χ4v) is 3.58. The highest BCUT2D eigenvalue weighted by molar-refractivity contribution is 5.71. The molecule has 1 aliphatic carbocycles. The molecule has 1 saturated carbocycles. The van der Waals surface area contributed by atoms with Gasteiger partial charge in [0, 0.05) is 0 Å². The van der Waals surface area contributed by atoms with Gasteiger partial charge in [0.2, 0.25) is 0 Å². The molecule has 0 amide bonds. The lowest BCUT2D eigenvalue weighted by atomic mass is 9.61. The molecule has 1 aliphatic rings. The van der Waals surface area contributed by atoms with E-state index in [1.807, 2.05) is 6.92 Å². The number of aliphatic carboxylic acids is 1. The van der Waals surface area contributed by atoms with E-state index in [0.717, 1.165) is 12.8 Å². The van der Waals surface area contributed by atoms with Crippen molar-refractivity contribution in [3.05, 3.63) is 0 Å². The first-order valence-corrected chi connectivity index (χ1v) is 6.78. The zero-order valence-corrected chi connectivity index (χ0v) is 11.4. The summed E-state index contributed by atoms with van der Waals surface area (Å²) in [5.74, 6) is -0.614. The third kappa shape index (κ3) is 2.82. The van der Waals surface area contributed by atoms with Gasteiger partial charge in [-0.25, -0.2) is 0 Å². The van der Waals surface area contributed by atoms with Crippen LogP contribution in [-0.2, 0) is 4.79 Å². The van der Waals surface area contributed by atoms with Crippen LogP contribution in [0.25, 0.3) is 0 Å². The van der Waals surface area contributed by atoms with Crippen molar-refractivity contribution in [3.8, 4) is 0 Å². The van der Waals surface area contributed by atoms with Crippen molar-refractivity contribution in [1.82, 2.24) is 0 Å². The van der Waals surface area contributed by atoms with E-state index >= 15 is 0 Å². The van der Waals surface area contributed by atoms with Gasteiger partial charge in [0.25, 0.3) is 0 Å². The smallest absolute Gasteiger partial charge is 0.309 e. The van der Waals surface area contributed by atoms with Gasteiger partial charge in [0.15, 0.2) is 0 Å². The Morgan fingerprint density at radius 3 is 2.41 bits per heavy atom. The molecule has 0 saturated heterocycles. The predicted molar refractivity (Wildman–Crippen MR) is 67.7 cm³/mol. The number of aliphatic hydroxyl groups is 1. The van der Waals surface area contributed by atoms with E-state index in [4.69, 9.17) is 0 Å². The van der Waals surface area contributed by atoms with Crippen molar-refractivity contribution in [2.75, 3.05) is 0 Å². The first kappa shape index (κ1) is 14.5. The van der Waals surface area contributed by atoms with E-state index < -0.39 is 17.5 Å². The van der Waals surface area contributed by atoms with Crippen LogP contribution in [0.2, 0.25) is 0 Å². The standard InChI is InChI=1S/C14H26O3/c1-5-11(13(15)16)14(17)8-10(4)6-7-12(14)9(2)3/h9-12,17H,5-8H2,1-4H3,(H,15,16). The summed E-state index contributed by atoms with van der Waals surface area (Å²) >= 11 is 0. The molecule has 0 aromatic heterocycles. The van der Waals surface area contributed by atoms with E-state index in [9.17, 15) is 15.0 Å². The third-order valence-corrected chi connectivity index (χ3v) is 4.40. The maximum absolute atomic E-state index is 11.3. The number of carboxylic acid groups (broad SMARTS) is 1. The normalized spacial score (nSPS) is 35.9. The Morgan fingerprint density at radius 1 is 1.41 bits per heavy atom. The summed E-state index contributed by atoms with van der Waals surface area (Å²) in [5.41, 5.74) is -1.02. The molecular formula is C14H26O3. The molecule has 3 heteroatoms. The number of carboxylic acids is 1. The Morgan fingerprint density at radius 2 is 2.00 bits per heavy atom. The van der Waals surface area contributed by atoms with Crippen LogP contribution in [0.15, 0.2) is 0 Å². The van der Waals surface area contributed by atoms with Crippen LogP contribution in [0, 0.1) is 23.7 Å². The molecule has 1 rings (SSSR count). The van der Waals surface area contributed by atoms with Crippen LogP contribution in [-0.4, -0.2) is 21.8 Å². The molecule has 17 heavy (non-hydrogen) atoms. The van der Waals surface area contributed by atoms with Crippen LogP contribution < -0.4 is 0 Å². The molecule has 0 radical (unpaired) electrons. The van der Waals surface area contributed by atoms with Crippen molar-refractivity contribution in [2.24, 2.45) is 23.7 Å². The van der Waals surface area contributed by atoms with E-state index in [0.29, 0.717) is 24.7 Å². The van der Waals surface area contributed by atoms with Gasteiger partial charge in [-0.1, -0.05) is 34.1 Å². The summed E-state index contributed by atoms with van der Waals surface area (Å²) in [5, 5.41) is 20.2. The van der Waals surface area contributed by atoms with Crippen molar-refractivity contribution in [2.45, 2.75) is 59.0 Å². The van der Waals surface area contributed by atoms with Crippen molar-refractivity contribution >= 4 is 5.97 Å². The molecule has 1 fully saturated rings. The van der Waals surface area contributed by atoms with Gasteiger partial charge in [-0.15, -0.1) is 0 Å². The molecule has 0 aromatic carbocycles. The summed E-state index contributed by atoms with van der Waals surface area (Å²) in [4.78, 5) is 11.3. The number of carbonyl (C=O) groups is 1. The quantitative estimate of drug-likeness (QED) is 0.797. The first-order valence-electron chi connectivity index (χ1n) is 6.78. The second kappa shape index (κ2) is 5.38. The summed E-state index contributed by atoms with van der Waals surface area (Å²) in [6, 6.07) is 0. The predicted octanol–water partition coefficient (Wildman–Crippen LogP) is 2.92. The zero-order valence-electron chi connectivity index (χ0n) is 11.4. The summed E-state index contributed by atoms with van der Waals surface area (Å²) in [7, 11) is 0. The number of rotatable bonds is 4. The fraction of sp³-hybridized carbons (Fsp3) is 0.929. The molecule has 2 N–H and O–H groups in total. The summed E-state index contributed by atoms with van der Waals surface area (Å²) in [6.07, 6.45) is 3.17. The average molecular weight is 242 g/mol. The minimum absolute atomic E-state index is 0.111. The van der Waals surface area contributed by atoms with Crippen LogP contribution in [0.1, 0.15) is 53.4 Å². The lowest BCUT2D eigenvalue weighted by Crippen LogP contribution is -2.53. The van der Waals surface area contributed by atoms with Crippen LogP contribution in [0.4, 0.5) is 0 Å². The Hall–Kier alpha value is -0.570. The molecule has 0 aromatic rings. The first-order chi connectivity index (χ1) is 7.82. The topological polar surface area (TPSA) is 57.5 Å². The number of hydrogen-bond acceptors (Lipinski definition) is 2. The maximum Gasteiger partial charge on any atom is 0.309 e. The van der Waals surface area contributed by atoms with E-state index in [-0.39, 0.29) is 5.92 Å². The van der Waals surface area contributed by atoms with E-state index in [1.165, 1.54) is 0 Å². The van der Waals surface area contributed by atoms with Gasteiger partial charge in [-0.05, 0) is 37.0 Å². The van der Waals surface area contributed by atoms with Crippen molar-refractivity contribution in [1.29, 1.82) is 0 Å². The lowest BCUT2D eigenvalue weighted by Gasteiger charge is -2.47. The zero-order chi connectivity index (χ0) is 13.2. The van der Waals surface area contributed by atoms with E-state index in [1.54, 1.807) is 0 Å². The molecular weight excluding hydrogens is 216 g/mol. The van der Waals surface area contributed by atoms with Crippen LogP contribution >= 0.6 is 0 Å². The molecule has 0 spiro atoms. The van der Waals surface area contributed by atoms with Gasteiger partial charge >= 0.3 is 5.97 Å². The highest BCUT2D eigenvalue weighted by Gasteiger charge is 2.50. The second-order valence-electron chi connectivity index (χ2n) is 6.03. The van der Waals surface area contributed by atoms with Crippen molar-refractivity contribution in [3.63, 3.8) is 0 Å². The monoisotopic (exact) mass is 242 g/mol. The third-order valence-electron chi connectivity index (χ3n) is 4.40. The Kier molecular flexibility index (Phi) is 4.59. The molecule has 0 aliphatic heterocycles. The molecule has 4 unspecified atom stereocenters. The Balaban J connectivity index is 3.03. The largest absolute Gasteiger partial charge is 0.481 e. The van der Waals surface area contributed by atoms with E-state index in [2.05, 4.69) is 20.8 Å². The second-order valence-corrected chi connectivity index (χ2v) is 6.03. The summed E-state index contributed by atoms with van der Waals surface area (Å²) < 4.78 is 0. The van der Waals surface area contributed by atoms with Crippen molar-refractivity contribution < 1.29 is 15.0 Å². The highest BCUT2D eigenvalue weighted by Crippen LogP contribution is 2.46. The Bertz CT molecular complexity index is 275. The molecule has 100 valence electrons. The average Bonchev–Trinajstić information content (AvgIpc) is 2.16. The van der Waals surface area contributed by atoms with Crippen LogP contribution in [0.3, 0.4) is 0 Å². The van der Waals surface area contributed by atoms with Crippen LogP contribution in [0.5, 0.6) is 0 Å². The lowest BCUT2D eigenvalue weighted by molar-refractivity contribution is -0.168. The molecule has 4 atom stereocenters. The molecule has 3 nitrogen and oxygen atoms in total. The minimum atomic E-state index is -1.02. The number of hydrogen-bond donors (Lipinski definition) is 2. The summed E-state index contributed by atoms with van der Waals surface area (Å²) in [6.45, 7) is 8.13. The minimum Gasteiger partial charge on any atom is -0.481 e. The van der Waals surface area contributed by atoms with Gasteiger partial charge < -0.3 is 10.2 Å². The SMILES string of the molecule is CCC(C(=O)O)C1(O)CC(C)CCC1C(C)C.